The van der Waals surface area contributed by atoms with Gasteiger partial charge < -0.3 is 24.8 Å². The van der Waals surface area contributed by atoms with Crippen molar-refractivity contribution in [1.29, 1.82) is 0 Å². The SMILES string of the molecule is COCCOc1ccc(CN(C(=O)Nc2ccc(S(=O)(=O)c3ccccc3)cc2)N(Cc2cccnc2)C(=O)Nc2ccc(S(=O)(=O)c3ccccc3COC)cc2)cn1. The molecule has 2 N–H and O–H groups in total. The van der Waals surface area contributed by atoms with E-state index in [1.54, 1.807) is 80.2 Å². The number of hydrogen-bond acceptors (Lipinski definition) is 11. The van der Waals surface area contributed by atoms with Gasteiger partial charge in [-0.1, -0.05) is 48.5 Å². The number of benzene rings is 4. The maximum atomic E-state index is 14.3. The summed E-state index contributed by atoms with van der Waals surface area (Å²) in [5.41, 5.74) is 2.11. The van der Waals surface area contributed by atoms with Crippen LogP contribution < -0.4 is 15.4 Å². The molecule has 0 bridgehead atoms. The molecule has 0 radical (unpaired) electrons. The smallest absolute Gasteiger partial charge is 0.341 e. The van der Waals surface area contributed by atoms with Gasteiger partial charge in [-0.25, -0.2) is 41.4 Å². The number of ether oxygens (including phenoxy) is 3. The van der Waals surface area contributed by atoms with E-state index in [9.17, 15) is 26.4 Å². The zero-order valence-electron chi connectivity index (χ0n) is 32.7. The lowest BCUT2D eigenvalue weighted by molar-refractivity contribution is 0.0466. The molecule has 6 aromatic rings. The molecule has 2 aromatic heterocycles. The first kappa shape index (κ1) is 42.9. The number of hydrogen-bond donors (Lipinski definition) is 2. The van der Waals surface area contributed by atoms with Crippen molar-refractivity contribution in [3.63, 3.8) is 0 Å². The summed E-state index contributed by atoms with van der Waals surface area (Å²) in [6.07, 6.45) is 4.64. The van der Waals surface area contributed by atoms with Crippen LogP contribution in [0.3, 0.4) is 0 Å². The molecule has 4 amide bonds. The van der Waals surface area contributed by atoms with Crippen LogP contribution in [0.5, 0.6) is 5.88 Å². The van der Waals surface area contributed by atoms with Gasteiger partial charge in [0, 0.05) is 50.3 Å². The fraction of sp³-hybridized carbons (Fsp3) is 0.163. The summed E-state index contributed by atoms with van der Waals surface area (Å²) in [7, 11) is -4.73. The van der Waals surface area contributed by atoms with Crippen LogP contribution in [0.15, 0.2) is 166 Å². The van der Waals surface area contributed by atoms with Crippen LogP contribution in [-0.2, 0) is 48.8 Å². The van der Waals surface area contributed by atoms with E-state index in [0.29, 0.717) is 29.2 Å². The molecular formula is C43H42N6O9S2. The normalized spacial score (nSPS) is 11.4. The topological polar surface area (TPSA) is 186 Å². The van der Waals surface area contributed by atoms with E-state index in [4.69, 9.17) is 14.2 Å². The molecule has 0 atom stereocenters. The van der Waals surface area contributed by atoms with E-state index in [1.165, 1.54) is 90.1 Å². The summed E-state index contributed by atoms with van der Waals surface area (Å²) < 4.78 is 69.5. The van der Waals surface area contributed by atoms with Gasteiger partial charge in [0.15, 0.2) is 0 Å². The second-order valence-electron chi connectivity index (χ2n) is 13.1. The third-order valence-electron chi connectivity index (χ3n) is 8.93. The Bertz CT molecular complexity index is 2580. The minimum Gasteiger partial charge on any atom is -0.475 e. The molecule has 0 aliphatic carbocycles. The molecule has 0 saturated heterocycles. The van der Waals surface area contributed by atoms with Gasteiger partial charge in [-0.3, -0.25) is 4.98 Å². The van der Waals surface area contributed by atoms with Crippen molar-refractivity contribution in [2.75, 3.05) is 38.1 Å². The Balaban J connectivity index is 1.30. The molecule has 0 spiro atoms. The van der Waals surface area contributed by atoms with E-state index in [1.807, 2.05) is 0 Å². The second-order valence-corrected chi connectivity index (χ2v) is 17.0. The molecule has 4 aromatic carbocycles. The Hall–Kier alpha value is -6.66. The molecule has 0 aliphatic heterocycles. The molecule has 60 heavy (non-hydrogen) atoms. The quantitative estimate of drug-likeness (QED) is 0.0755. The van der Waals surface area contributed by atoms with Crippen molar-refractivity contribution in [2.24, 2.45) is 0 Å². The molecule has 15 nitrogen and oxygen atoms in total. The molecule has 310 valence electrons. The lowest BCUT2D eigenvalue weighted by Gasteiger charge is -2.35. The Morgan fingerprint density at radius 2 is 1.15 bits per heavy atom. The van der Waals surface area contributed by atoms with Crippen molar-refractivity contribution < 1.29 is 40.6 Å². The van der Waals surface area contributed by atoms with Gasteiger partial charge in [0.05, 0.1) is 45.9 Å². The van der Waals surface area contributed by atoms with E-state index in [0.717, 1.165) is 0 Å². The molecule has 0 unspecified atom stereocenters. The minimum atomic E-state index is -3.94. The number of nitrogens with one attached hydrogen (secondary N) is 2. The first-order chi connectivity index (χ1) is 29.0. The summed E-state index contributed by atoms with van der Waals surface area (Å²) in [4.78, 5) is 37.5. The molecule has 17 heteroatoms. The van der Waals surface area contributed by atoms with Gasteiger partial charge in [0.1, 0.15) is 6.61 Å². The van der Waals surface area contributed by atoms with Crippen LogP contribution in [-0.4, -0.2) is 76.3 Å². The standard InChI is InChI=1S/C43H42N6O9S2/c1-56-25-26-58-41-23-14-33(28-45-41)30-49(43(51)46-35-15-19-38(20-16-35)59(52,53)37-11-4-3-5-12-37)48(29-32-9-8-24-44-27-32)42(50)47-36-17-21-39(22-18-36)60(54,55)40-13-7-6-10-34(40)31-57-2/h3-24,27-28H,25-26,29-31H2,1-2H3,(H,46,51)(H,47,50). The lowest BCUT2D eigenvalue weighted by atomic mass is 10.2. The zero-order valence-corrected chi connectivity index (χ0v) is 34.3. The van der Waals surface area contributed by atoms with Crippen molar-refractivity contribution in [1.82, 2.24) is 20.0 Å². The van der Waals surface area contributed by atoms with Crippen molar-refractivity contribution >= 4 is 43.1 Å². The number of hydrazine groups is 1. The van der Waals surface area contributed by atoms with Crippen LogP contribution in [0.1, 0.15) is 16.7 Å². The number of sulfone groups is 2. The fourth-order valence-electron chi connectivity index (χ4n) is 5.90. The largest absolute Gasteiger partial charge is 0.475 e. The number of amides is 4. The van der Waals surface area contributed by atoms with Gasteiger partial charge >= 0.3 is 12.1 Å². The first-order valence-corrected chi connectivity index (χ1v) is 21.4. The number of rotatable bonds is 16. The molecule has 0 aliphatic rings. The number of anilines is 2. The number of methoxy groups -OCH3 is 2. The fourth-order valence-corrected chi connectivity index (χ4v) is 8.66. The van der Waals surface area contributed by atoms with Gasteiger partial charge in [-0.2, -0.15) is 0 Å². The van der Waals surface area contributed by atoms with Gasteiger partial charge in [0.2, 0.25) is 25.6 Å². The highest BCUT2D eigenvalue weighted by Crippen LogP contribution is 2.27. The number of pyridine rings is 2. The van der Waals surface area contributed by atoms with Gasteiger partial charge in [-0.05, 0) is 89.5 Å². The summed E-state index contributed by atoms with van der Waals surface area (Å²) in [5, 5.41) is 7.92. The van der Waals surface area contributed by atoms with Crippen LogP contribution >= 0.6 is 0 Å². The zero-order chi connectivity index (χ0) is 42.5. The third kappa shape index (κ3) is 10.7. The van der Waals surface area contributed by atoms with E-state index in [-0.39, 0.29) is 57.3 Å². The van der Waals surface area contributed by atoms with Crippen LogP contribution in [0, 0.1) is 0 Å². The number of urea groups is 2. The van der Waals surface area contributed by atoms with Gasteiger partial charge in [0.25, 0.3) is 0 Å². The number of carbonyl (C=O) groups excluding carboxylic acids is 2. The number of carbonyl (C=O) groups is 2. The highest BCUT2D eigenvalue weighted by Gasteiger charge is 2.29. The molecular weight excluding hydrogens is 809 g/mol. The molecule has 0 fully saturated rings. The van der Waals surface area contributed by atoms with Crippen LogP contribution in [0.4, 0.5) is 21.0 Å². The second kappa shape index (κ2) is 19.9. The summed E-state index contributed by atoms with van der Waals surface area (Å²) >= 11 is 0. The monoisotopic (exact) mass is 850 g/mol. The Labute approximate surface area is 348 Å². The first-order valence-electron chi connectivity index (χ1n) is 18.4. The molecule has 0 saturated carbocycles. The van der Waals surface area contributed by atoms with E-state index >= 15 is 0 Å². The average molecular weight is 851 g/mol. The molecule has 6 rings (SSSR count). The maximum Gasteiger partial charge on any atom is 0.341 e. The summed E-state index contributed by atoms with van der Waals surface area (Å²) in [5.74, 6) is 0.329. The predicted octanol–water partition coefficient (Wildman–Crippen LogP) is 7.00. The highest BCUT2D eigenvalue weighted by atomic mass is 32.2. The third-order valence-corrected chi connectivity index (χ3v) is 12.6. The molecule has 2 heterocycles. The number of nitrogens with zero attached hydrogens (tertiary/aromatic N) is 4. The van der Waals surface area contributed by atoms with Gasteiger partial charge in [-0.15, -0.1) is 0 Å². The van der Waals surface area contributed by atoms with Crippen LogP contribution in [0.2, 0.25) is 0 Å². The highest BCUT2D eigenvalue weighted by molar-refractivity contribution is 7.91. The Morgan fingerprint density at radius 1 is 0.583 bits per heavy atom. The van der Waals surface area contributed by atoms with E-state index < -0.39 is 31.7 Å². The van der Waals surface area contributed by atoms with E-state index in [2.05, 4.69) is 20.6 Å². The summed E-state index contributed by atoms with van der Waals surface area (Å²) in [6.45, 7) is 0.440. The average Bonchev–Trinajstić information content (AvgIpc) is 3.26. The minimum absolute atomic E-state index is 0.00186. The Kier molecular flexibility index (Phi) is 14.2. The van der Waals surface area contributed by atoms with Crippen molar-refractivity contribution in [3.05, 3.63) is 163 Å². The predicted molar refractivity (Wildman–Crippen MR) is 222 cm³/mol. The number of aromatic nitrogens is 2. The maximum absolute atomic E-state index is 14.3. The van der Waals surface area contributed by atoms with Crippen LogP contribution in [0.25, 0.3) is 0 Å². The Morgan fingerprint density at radius 3 is 1.70 bits per heavy atom. The summed E-state index contributed by atoms with van der Waals surface area (Å²) in [6, 6.07) is 31.1. The van der Waals surface area contributed by atoms with Crippen molar-refractivity contribution in [3.8, 4) is 5.88 Å². The van der Waals surface area contributed by atoms with Crippen molar-refractivity contribution in [2.45, 2.75) is 39.3 Å². The lowest BCUT2D eigenvalue weighted by Crippen LogP contribution is -2.52.